The lowest BCUT2D eigenvalue weighted by molar-refractivity contribution is 0.00451. The third-order valence-corrected chi connectivity index (χ3v) is 5.36. The van der Waals surface area contributed by atoms with Gasteiger partial charge in [-0.1, -0.05) is 0 Å². The summed E-state index contributed by atoms with van der Waals surface area (Å²) in [5, 5.41) is 5.84. The maximum atomic E-state index is 6.17. The van der Waals surface area contributed by atoms with Crippen LogP contribution in [-0.2, 0) is 10.2 Å². The van der Waals surface area contributed by atoms with Gasteiger partial charge in [0.2, 0.25) is 0 Å². The molecule has 1 spiro atoms. The predicted octanol–water partition coefficient (Wildman–Crippen LogP) is 2.60. The summed E-state index contributed by atoms with van der Waals surface area (Å²) in [6.45, 7) is 2.12. The highest BCUT2D eigenvalue weighted by Crippen LogP contribution is 2.56. The molecule has 1 aliphatic carbocycles. The monoisotopic (exact) mass is 235 g/mol. The van der Waals surface area contributed by atoms with Crippen molar-refractivity contribution in [3.63, 3.8) is 0 Å². The molecule has 3 heteroatoms. The van der Waals surface area contributed by atoms with Crippen molar-refractivity contribution in [2.45, 2.75) is 43.2 Å². The minimum absolute atomic E-state index is 0.337. The molecule has 1 saturated carbocycles. The molecule has 0 bridgehead atoms. The van der Waals surface area contributed by atoms with Crippen molar-refractivity contribution in [1.82, 2.24) is 5.32 Å². The van der Waals surface area contributed by atoms with Gasteiger partial charge in [0.15, 0.2) is 0 Å². The highest BCUT2D eigenvalue weighted by Gasteiger charge is 2.51. The Balaban J connectivity index is 1.71. The second-order valence-corrected chi connectivity index (χ2v) is 6.36. The summed E-state index contributed by atoms with van der Waals surface area (Å²) in [5.41, 5.74) is 2.05. The van der Waals surface area contributed by atoms with Crippen molar-refractivity contribution in [3.8, 4) is 0 Å². The molecule has 4 rings (SSSR count). The van der Waals surface area contributed by atoms with Crippen LogP contribution in [0.5, 0.6) is 0 Å². The van der Waals surface area contributed by atoms with Crippen LogP contribution >= 0.6 is 11.3 Å². The Bertz CT molecular complexity index is 404. The Labute approximate surface area is 100 Å². The quantitative estimate of drug-likeness (QED) is 0.808. The summed E-state index contributed by atoms with van der Waals surface area (Å²) in [6.07, 6.45) is 5.58. The second-order valence-electron chi connectivity index (χ2n) is 5.41. The molecule has 3 aliphatic rings. The van der Waals surface area contributed by atoms with Crippen LogP contribution < -0.4 is 5.32 Å². The molecule has 16 heavy (non-hydrogen) atoms. The predicted molar refractivity (Wildman–Crippen MR) is 64.9 cm³/mol. The molecule has 2 atom stereocenters. The fourth-order valence-corrected chi connectivity index (χ4v) is 4.34. The topological polar surface area (TPSA) is 21.3 Å². The van der Waals surface area contributed by atoms with Gasteiger partial charge in [-0.2, -0.15) is 0 Å². The van der Waals surface area contributed by atoms with Gasteiger partial charge in [-0.05, 0) is 49.2 Å². The average molecular weight is 235 g/mol. The molecule has 0 aromatic carbocycles. The number of hydrogen-bond donors (Lipinski definition) is 1. The zero-order valence-electron chi connectivity index (χ0n) is 9.37. The molecule has 1 saturated heterocycles. The Morgan fingerprint density at radius 2 is 2.38 bits per heavy atom. The molecule has 0 radical (unpaired) electrons. The van der Waals surface area contributed by atoms with Crippen LogP contribution in [0, 0.1) is 0 Å². The lowest BCUT2D eigenvalue weighted by Crippen LogP contribution is -2.36. The van der Waals surface area contributed by atoms with Crippen molar-refractivity contribution in [2.24, 2.45) is 0 Å². The number of ether oxygens (including phenoxy) is 1. The van der Waals surface area contributed by atoms with Crippen LogP contribution in [0.2, 0.25) is 0 Å². The first-order valence-corrected chi connectivity index (χ1v) is 7.20. The van der Waals surface area contributed by atoms with Gasteiger partial charge in [-0.15, -0.1) is 11.3 Å². The maximum absolute atomic E-state index is 6.17. The zero-order valence-corrected chi connectivity index (χ0v) is 10.2. The minimum atomic E-state index is 0.337. The van der Waals surface area contributed by atoms with Gasteiger partial charge in [0.25, 0.3) is 0 Å². The van der Waals surface area contributed by atoms with Crippen LogP contribution in [0.4, 0.5) is 0 Å². The molecule has 3 heterocycles. The molecule has 2 aliphatic heterocycles. The number of thiophene rings is 1. The molecular formula is C13H17NOS. The first kappa shape index (κ1) is 9.63. The smallest absolute Gasteiger partial charge is 0.107 e. The minimum Gasteiger partial charge on any atom is -0.370 e. The van der Waals surface area contributed by atoms with Crippen LogP contribution in [0.15, 0.2) is 11.4 Å². The Morgan fingerprint density at radius 1 is 1.44 bits per heavy atom. The van der Waals surface area contributed by atoms with E-state index in [0.717, 1.165) is 13.2 Å². The summed E-state index contributed by atoms with van der Waals surface area (Å²) in [6, 6.07) is 2.91. The van der Waals surface area contributed by atoms with Gasteiger partial charge in [0.1, 0.15) is 6.10 Å². The van der Waals surface area contributed by atoms with Gasteiger partial charge in [0, 0.05) is 16.3 Å². The Kier molecular flexibility index (Phi) is 1.99. The molecule has 0 unspecified atom stereocenters. The van der Waals surface area contributed by atoms with E-state index in [9.17, 15) is 0 Å². The van der Waals surface area contributed by atoms with Crippen molar-refractivity contribution < 1.29 is 4.74 Å². The van der Waals surface area contributed by atoms with Gasteiger partial charge in [-0.25, -0.2) is 0 Å². The van der Waals surface area contributed by atoms with E-state index in [4.69, 9.17) is 4.74 Å². The molecule has 2 fully saturated rings. The summed E-state index contributed by atoms with van der Waals surface area (Å²) < 4.78 is 6.17. The third-order valence-electron chi connectivity index (χ3n) is 4.38. The zero-order chi connectivity index (χ0) is 10.6. The van der Waals surface area contributed by atoms with Crippen molar-refractivity contribution in [1.29, 1.82) is 0 Å². The van der Waals surface area contributed by atoms with Crippen LogP contribution in [0.3, 0.4) is 0 Å². The third kappa shape index (κ3) is 1.25. The lowest BCUT2D eigenvalue weighted by Gasteiger charge is -2.33. The molecular weight excluding hydrogens is 218 g/mol. The van der Waals surface area contributed by atoms with E-state index in [0.29, 0.717) is 17.6 Å². The number of nitrogens with one attached hydrogen (secondary N) is 1. The van der Waals surface area contributed by atoms with E-state index in [1.165, 1.54) is 30.6 Å². The summed E-state index contributed by atoms with van der Waals surface area (Å²) in [5.74, 6) is 0. The Hall–Kier alpha value is -0.380. The summed E-state index contributed by atoms with van der Waals surface area (Å²) >= 11 is 1.90. The van der Waals surface area contributed by atoms with Crippen molar-refractivity contribution >= 4 is 11.3 Å². The fraction of sp³-hybridized carbons (Fsp3) is 0.692. The number of hydrogen-bond acceptors (Lipinski definition) is 3. The molecule has 1 aromatic heterocycles. The van der Waals surface area contributed by atoms with Gasteiger partial charge in [0.05, 0.1) is 6.61 Å². The molecule has 1 N–H and O–H groups in total. The van der Waals surface area contributed by atoms with E-state index in [1.54, 1.807) is 5.56 Å². The van der Waals surface area contributed by atoms with Gasteiger partial charge >= 0.3 is 0 Å². The molecule has 2 nitrogen and oxygen atoms in total. The average Bonchev–Trinajstić information content (AvgIpc) is 2.75. The highest BCUT2D eigenvalue weighted by atomic mass is 32.1. The van der Waals surface area contributed by atoms with E-state index >= 15 is 0 Å². The van der Waals surface area contributed by atoms with Crippen LogP contribution in [0.1, 0.15) is 42.2 Å². The molecule has 1 aromatic rings. The maximum Gasteiger partial charge on any atom is 0.107 e. The van der Waals surface area contributed by atoms with E-state index in [1.807, 2.05) is 11.3 Å². The molecule has 86 valence electrons. The number of fused-ring (bicyclic) bond motifs is 2. The summed E-state index contributed by atoms with van der Waals surface area (Å²) in [7, 11) is 0. The first-order valence-electron chi connectivity index (χ1n) is 6.32. The van der Waals surface area contributed by atoms with Crippen LogP contribution in [-0.4, -0.2) is 19.2 Å². The van der Waals surface area contributed by atoms with Crippen LogP contribution in [0.25, 0.3) is 0 Å². The standard InChI is InChI=1S/C13H17NOS/c1-2-10(14-6-1)11-12-9(3-7-16-12)13(4-5-13)8-15-11/h3,7,10-11,14H,1-2,4-6,8H2/t10-,11+/m1/s1. The van der Waals surface area contributed by atoms with Crippen molar-refractivity contribution in [3.05, 3.63) is 21.9 Å². The summed E-state index contributed by atoms with van der Waals surface area (Å²) in [4.78, 5) is 1.52. The van der Waals surface area contributed by atoms with Gasteiger partial charge in [-0.3, -0.25) is 0 Å². The van der Waals surface area contributed by atoms with E-state index < -0.39 is 0 Å². The second kappa shape index (κ2) is 3.31. The van der Waals surface area contributed by atoms with Gasteiger partial charge < -0.3 is 10.1 Å². The molecule has 0 amide bonds. The van der Waals surface area contributed by atoms with E-state index in [2.05, 4.69) is 16.8 Å². The highest BCUT2D eigenvalue weighted by molar-refractivity contribution is 7.10. The SMILES string of the molecule is c1cc2c(s1)[C@H]([C@H]1CCCN1)OCC21CC1. The van der Waals surface area contributed by atoms with Crippen molar-refractivity contribution in [2.75, 3.05) is 13.2 Å². The first-order chi connectivity index (χ1) is 7.89. The fourth-order valence-electron chi connectivity index (χ4n) is 3.22. The normalized spacial score (nSPS) is 35.2. The largest absolute Gasteiger partial charge is 0.370 e. The van der Waals surface area contributed by atoms with E-state index in [-0.39, 0.29) is 0 Å². The Morgan fingerprint density at radius 3 is 3.12 bits per heavy atom. The number of rotatable bonds is 1. The lowest BCUT2D eigenvalue weighted by atomic mass is 9.91.